The second kappa shape index (κ2) is 3.77. The topological polar surface area (TPSA) is 46.5 Å². The molecule has 0 spiro atoms. The van der Waals surface area contributed by atoms with Crippen molar-refractivity contribution >= 4 is 23.5 Å². The first-order valence-electron chi connectivity index (χ1n) is 4.93. The zero-order valence-electron chi connectivity index (χ0n) is 8.49. The molecule has 15 heavy (non-hydrogen) atoms. The SMILES string of the molecule is CCC1=Nc2ccc(C=O)cc2C(=O)C1. The summed E-state index contributed by atoms with van der Waals surface area (Å²) in [7, 11) is 0. The third-order valence-electron chi connectivity index (χ3n) is 2.51. The van der Waals surface area contributed by atoms with E-state index in [-0.39, 0.29) is 5.78 Å². The molecule has 1 heterocycles. The summed E-state index contributed by atoms with van der Waals surface area (Å²) in [6, 6.07) is 5.02. The van der Waals surface area contributed by atoms with Gasteiger partial charge in [0, 0.05) is 23.3 Å². The van der Waals surface area contributed by atoms with Crippen molar-refractivity contribution in [2.24, 2.45) is 4.99 Å². The number of aliphatic imine (C=N–C) groups is 1. The highest BCUT2D eigenvalue weighted by Crippen LogP contribution is 2.27. The Morgan fingerprint density at radius 2 is 2.27 bits per heavy atom. The Labute approximate surface area is 87.8 Å². The number of carbonyl (C=O) groups excluding carboxylic acids is 2. The maximum absolute atomic E-state index is 11.7. The maximum atomic E-state index is 11.7. The lowest BCUT2D eigenvalue weighted by Gasteiger charge is -2.13. The fourth-order valence-corrected chi connectivity index (χ4v) is 1.64. The quantitative estimate of drug-likeness (QED) is 0.690. The molecule has 0 N–H and O–H groups in total. The number of carbonyl (C=O) groups is 2. The second-order valence-corrected chi connectivity index (χ2v) is 3.53. The lowest BCUT2D eigenvalue weighted by molar-refractivity contribution is 0.0999. The van der Waals surface area contributed by atoms with Crippen LogP contribution in [0.1, 0.15) is 40.5 Å². The average Bonchev–Trinajstić information content (AvgIpc) is 2.28. The third kappa shape index (κ3) is 1.73. The van der Waals surface area contributed by atoms with Crippen molar-refractivity contribution in [1.82, 2.24) is 0 Å². The van der Waals surface area contributed by atoms with Crippen LogP contribution in [0.2, 0.25) is 0 Å². The molecule has 3 heteroatoms. The Bertz CT molecular complexity index is 461. The average molecular weight is 201 g/mol. The summed E-state index contributed by atoms with van der Waals surface area (Å²) in [5, 5.41) is 0. The molecule has 0 fully saturated rings. The second-order valence-electron chi connectivity index (χ2n) is 3.53. The minimum absolute atomic E-state index is 0.0561. The van der Waals surface area contributed by atoms with E-state index >= 15 is 0 Å². The first-order chi connectivity index (χ1) is 7.24. The van der Waals surface area contributed by atoms with E-state index in [1.54, 1.807) is 18.2 Å². The van der Waals surface area contributed by atoms with Crippen molar-refractivity contribution in [2.45, 2.75) is 19.8 Å². The number of nitrogens with zero attached hydrogens (tertiary/aromatic N) is 1. The molecule has 0 bridgehead atoms. The molecule has 1 aliphatic rings. The van der Waals surface area contributed by atoms with Crippen molar-refractivity contribution in [3.63, 3.8) is 0 Å². The van der Waals surface area contributed by atoms with E-state index in [9.17, 15) is 9.59 Å². The Morgan fingerprint density at radius 1 is 1.47 bits per heavy atom. The monoisotopic (exact) mass is 201 g/mol. The van der Waals surface area contributed by atoms with E-state index in [0.717, 1.165) is 18.4 Å². The van der Waals surface area contributed by atoms with Crippen molar-refractivity contribution in [3.05, 3.63) is 29.3 Å². The van der Waals surface area contributed by atoms with Gasteiger partial charge in [-0.2, -0.15) is 0 Å². The van der Waals surface area contributed by atoms with E-state index in [1.807, 2.05) is 6.92 Å². The molecule has 0 atom stereocenters. The summed E-state index contributed by atoms with van der Waals surface area (Å²) < 4.78 is 0. The largest absolute Gasteiger partial charge is 0.298 e. The number of Topliss-reactive ketones (excluding diaryl/α,β-unsaturated/α-hetero) is 1. The molecular weight excluding hydrogens is 190 g/mol. The molecule has 0 radical (unpaired) electrons. The van der Waals surface area contributed by atoms with Crippen LogP contribution in [0, 0.1) is 0 Å². The summed E-state index contributed by atoms with van der Waals surface area (Å²) in [6.45, 7) is 1.98. The summed E-state index contributed by atoms with van der Waals surface area (Å²) in [5.74, 6) is 0.0561. The number of aldehydes is 1. The maximum Gasteiger partial charge on any atom is 0.170 e. The Balaban J connectivity index is 2.54. The van der Waals surface area contributed by atoms with Gasteiger partial charge in [-0.1, -0.05) is 6.92 Å². The standard InChI is InChI=1S/C12H11NO2/c1-2-9-6-12(15)10-5-8(7-14)3-4-11(10)13-9/h3-5,7H,2,6H2,1H3. The molecule has 3 nitrogen and oxygen atoms in total. The molecule has 1 aromatic carbocycles. The highest BCUT2D eigenvalue weighted by Gasteiger charge is 2.18. The van der Waals surface area contributed by atoms with Gasteiger partial charge in [0.05, 0.1) is 5.69 Å². The van der Waals surface area contributed by atoms with Gasteiger partial charge in [0.25, 0.3) is 0 Å². The molecule has 0 saturated carbocycles. The lowest BCUT2D eigenvalue weighted by Crippen LogP contribution is -2.12. The summed E-state index contributed by atoms with van der Waals surface area (Å²) >= 11 is 0. The molecule has 0 aliphatic carbocycles. The lowest BCUT2D eigenvalue weighted by atomic mass is 9.97. The van der Waals surface area contributed by atoms with E-state index in [4.69, 9.17) is 0 Å². The van der Waals surface area contributed by atoms with Crippen LogP contribution in [-0.4, -0.2) is 17.8 Å². The van der Waals surface area contributed by atoms with Crippen LogP contribution in [0.25, 0.3) is 0 Å². The van der Waals surface area contributed by atoms with Crippen molar-refractivity contribution in [3.8, 4) is 0 Å². The third-order valence-corrected chi connectivity index (χ3v) is 2.51. The number of fused-ring (bicyclic) bond motifs is 1. The number of hydrogen-bond acceptors (Lipinski definition) is 3. The van der Waals surface area contributed by atoms with Gasteiger partial charge in [-0.25, -0.2) is 0 Å². The molecule has 0 saturated heterocycles. The van der Waals surface area contributed by atoms with E-state index < -0.39 is 0 Å². The minimum atomic E-state index is 0.0561. The Kier molecular flexibility index (Phi) is 2.46. The highest BCUT2D eigenvalue weighted by molar-refractivity contribution is 6.16. The zero-order chi connectivity index (χ0) is 10.8. The van der Waals surface area contributed by atoms with Crippen LogP contribution in [0.4, 0.5) is 5.69 Å². The number of hydrogen-bond donors (Lipinski definition) is 0. The van der Waals surface area contributed by atoms with E-state index in [0.29, 0.717) is 23.2 Å². The normalized spacial score (nSPS) is 14.5. The smallest absolute Gasteiger partial charge is 0.170 e. The van der Waals surface area contributed by atoms with Gasteiger partial charge in [0.1, 0.15) is 6.29 Å². The minimum Gasteiger partial charge on any atom is -0.298 e. The van der Waals surface area contributed by atoms with Crippen molar-refractivity contribution in [2.75, 3.05) is 0 Å². The number of benzene rings is 1. The van der Waals surface area contributed by atoms with Gasteiger partial charge in [0.2, 0.25) is 0 Å². The molecule has 2 rings (SSSR count). The van der Waals surface area contributed by atoms with Gasteiger partial charge >= 0.3 is 0 Å². The van der Waals surface area contributed by atoms with Crippen LogP contribution < -0.4 is 0 Å². The number of rotatable bonds is 2. The van der Waals surface area contributed by atoms with Crippen LogP contribution >= 0.6 is 0 Å². The molecule has 1 aromatic rings. The van der Waals surface area contributed by atoms with E-state index in [2.05, 4.69) is 4.99 Å². The van der Waals surface area contributed by atoms with Crippen molar-refractivity contribution < 1.29 is 9.59 Å². The molecule has 1 aliphatic heterocycles. The highest BCUT2D eigenvalue weighted by atomic mass is 16.1. The molecule has 76 valence electrons. The van der Waals surface area contributed by atoms with Gasteiger partial charge < -0.3 is 0 Å². The zero-order valence-corrected chi connectivity index (χ0v) is 8.49. The first-order valence-corrected chi connectivity index (χ1v) is 4.93. The van der Waals surface area contributed by atoms with Crippen LogP contribution in [0.5, 0.6) is 0 Å². The fourth-order valence-electron chi connectivity index (χ4n) is 1.64. The fraction of sp³-hybridized carbons (Fsp3) is 0.250. The van der Waals surface area contributed by atoms with E-state index in [1.165, 1.54) is 0 Å². The van der Waals surface area contributed by atoms with Gasteiger partial charge in [-0.3, -0.25) is 14.6 Å². The van der Waals surface area contributed by atoms with Crippen LogP contribution in [-0.2, 0) is 0 Å². The molecule has 0 unspecified atom stereocenters. The van der Waals surface area contributed by atoms with Gasteiger partial charge in [-0.05, 0) is 24.6 Å². The molecule has 0 amide bonds. The molecular formula is C12H11NO2. The Morgan fingerprint density at radius 3 is 2.93 bits per heavy atom. The number of ketones is 1. The Hall–Kier alpha value is -1.77. The van der Waals surface area contributed by atoms with Crippen LogP contribution in [0.3, 0.4) is 0 Å². The van der Waals surface area contributed by atoms with Crippen LogP contribution in [0.15, 0.2) is 23.2 Å². The van der Waals surface area contributed by atoms with Crippen molar-refractivity contribution in [1.29, 1.82) is 0 Å². The van der Waals surface area contributed by atoms with Gasteiger partial charge in [0.15, 0.2) is 5.78 Å². The molecule has 0 aromatic heterocycles. The summed E-state index contributed by atoms with van der Waals surface area (Å²) in [5.41, 5.74) is 2.69. The predicted molar refractivity (Wildman–Crippen MR) is 58.2 cm³/mol. The predicted octanol–water partition coefficient (Wildman–Crippen LogP) is 2.57. The summed E-state index contributed by atoms with van der Waals surface area (Å²) in [4.78, 5) is 26.7. The summed E-state index contributed by atoms with van der Waals surface area (Å²) in [6.07, 6.45) is 1.92. The first kappa shape index (κ1) is 9.77. The van der Waals surface area contributed by atoms with Gasteiger partial charge in [-0.15, -0.1) is 0 Å².